The number of benzene rings is 1. The molecule has 4 nitrogen and oxygen atoms in total. The first-order chi connectivity index (χ1) is 11.3. The third-order valence-electron chi connectivity index (χ3n) is 2.90. The van der Waals surface area contributed by atoms with E-state index in [2.05, 4.69) is 49.6 Å². The molecule has 3 rings (SSSR count). The number of imidazole rings is 1. The van der Waals surface area contributed by atoms with Gasteiger partial charge in [0.15, 0.2) is 0 Å². The molecule has 0 bridgehead atoms. The Balaban J connectivity index is 0.000000201. The van der Waals surface area contributed by atoms with E-state index in [1.807, 2.05) is 49.5 Å². The minimum absolute atomic E-state index is 0.547. The molecule has 0 spiro atoms. The molecule has 0 radical (unpaired) electrons. The maximum absolute atomic E-state index is 5.59. The number of aryl methyl sites for hydroxylation is 1. The van der Waals surface area contributed by atoms with E-state index < -0.39 is 0 Å². The zero-order valence-corrected chi connectivity index (χ0v) is 15.7. The molecule has 0 aliphatic rings. The smallest absolute Gasteiger partial charge is 0.104 e. The second kappa shape index (κ2) is 9.71. The Bertz CT molecular complexity index is 712. The van der Waals surface area contributed by atoms with Gasteiger partial charge >= 0.3 is 0 Å². The van der Waals surface area contributed by atoms with Gasteiger partial charge in [0.05, 0.1) is 11.0 Å². The molecule has 0 aliphatic carbocycles. The summed E-state index contributed by atoms with van der Waals surface area (Å²) in [5, 5.41) is 0. The lowest BCUT2D eigenvalue weighted by Crippen LogP contribution is -1.88. The number of nitrogens with zero attached hydrogens (tertiary/aromatic N) is 2. The van der Waals surface area contributed by atoms with Crippen LogP contribution in [0.4, 0.5) is 5.69 Å². The van der Waals surface area contributed by atoms with Crippen LogP contribution in [0, 0.1) is 12.8 Å². The van der Waals surface area contributed by atoms with Crippen LogP contribution < -0.4 is 5.73 Å². The van der Waals surface area contributed by atoms with Crippen molar-refractivity contribution < 1.29 is 0 Å². The van der Waals surface area contributed by atoms with E-state index in [1.165, 1.54) is 0 Å². The molecule has 0 aliphatic heterocycles. The quantitative estimate of drug-likeness (QED) is 0.595. The van der Waals surface area contributed by atoms with Crippen molar-refractivity contribution in [1.29, 1.82) is 0 Å². The van der Waals surface area contributed by atoms with Crippen molar-refractivity contribution in [3.05, 3.63) is 54.1 Å². The van der Waals surface area contributed by atoms with E-state index in [-0.39, 0.29) is 0 Å². The van der Waals surface area contributed by atoms with Crippen LogP contribution in [-0.4, -0.2) is 15.0 Å². The standard InChI is InChI=1S/C8H9N3.C8H11N.C4H10/c1-5-10-7-3-2-6(9)4-8(7)11-5;1-7(2)8-5-3-4-6-9-8;1-4(2)3/h2-4H,9H2,1H3,(H,10,11);3-7H,1-2H3;4H,1-3H3. The summed E-state index contributed by atoms with van der Waals surface area (Å²) in [6.45, 7) is 12.7. The number of aromatic nitrogens is 3. The van der Waals surface area contributed by atoms with Crippen LogP contribution in [0.25, 0.3) is 11.0 Å². The van der Waals surface area contributed by atoms with E-state index in [9.17, 15) is 0 Å². The molecule has 3 N–H and O–H groups in total. The molecule has 3 aromatic rings. The number of nitrogens with one attached hydrogen (secondary N) is 1. The van der Waals surface area contributed by atoms with E-state index in [0.717, 1.165) is 34.2 Å². The molecule has 2 aromatic heterocycles. The fourth-order valence-corrected chi connectivity index (χ4v) is 1.87. The van der Waals surface area contributed by atoms with Crippen LogP contribution in [0.1, 0.15) is 52.1 Å². The third-order valence-corrected chi connectivity index (χ3v) is 2.90. The first-order valence-corrected chi connectivity index (χ1v) is 8.42. The molecular weight excluding hydrogens is 296 g/mol. The van der Waals surface area contributed by atoms with Crippen LogP contribution in [0.3, 0.4) is 0 Å². The molecule has 0 saturated carbocycles. The van der Waals surface area contributed by atoms with E-state index in [4.69, 9.17) is 5.73 Å². The van der Waals surface area contributed by atoms with Crippen LogP contribution in [-0.2, 0) is 0 Å². The molecular formula is C20H30N4. The zero-order chi connectivity index (χ0) is 18.1. The van der Waals surface area contributed by atoms with Gasteiger partial charge in [0, 0.05) is 17.6 Å². The van der Waals surface area contributed by atoms with Crippen LogP contribution in [0.15, 0.2) is 42.6 Å². The number of anilines is 1. The van der Waals surface area contributed by atoms with Gasteiger partial charge in [-0.1, -0.05) is 40.7 Å². The Kier molecular flexibility index (Phi) is 7.96. The number of H-pyrrole nitrogens is 1. The average Bonchev–Trinajstić information content (AvgIpc) is 2.87. The third kappa shape index (κ3) is 7.27. The summed E-state index contributed by atoms with van der Waals surface area (Å²) < 4.78 is 0. The SMILES string of the molecule is CC(C)C.CC(C)c1ccccn1.Cc1nc2ccc(N)cc2[nH]1. The molecule has 2 heterocycles. The van der Waals surface area contributed by atoms with Crippen LogP contribution >= 0.6 is 0 Å². The van der Waals surface area contributed by atoms with Crippen molar-refractivity contribution in [3.8, 4) is 0 Å². The van der Waals surface area contributed by atoms with Gasteiger partial charge in [-0.15, -0.1) is 0 Å². The van der Waals surface area contributed by atoms with Gasteiger partial charge in [-0.3, -0.25) is 4.98 Å². The molecule has 4 heteroatoms. The lowest BCUT2D eigenvalue weighted by molar-refractivity contribution is 0.737. The van der Waals surface area contributed by atoms with E-state index in [1.54, 1.807) is 0 Å². The summed E-state index contributed by atoms with van der Waals surface area (Å²) in [4.78, 5) is 11.5. The van der Waals surface area contributed by atoms with Gasteiger partial charge in [0.1, 0.15) is 5.82 Å². The summed E-state index contributed by atoms with van der Waals surface area (Å²) in [5.74, 6) is 2.30. The topological polar surface area (TPSA) is 67.6 Å². The number of nitrogen functional groups attached to an aromatic ring is 1. The highest BCUT2D eigenvalue weighted by molar-refractivity contribution is 5.78. The van der Waals surface area contributed by atoms with Crippen LogP contribution in [0.5, 0.6) is 0 Å². The lowest BCUT2D eigenvalue weighted by Gasteiger charge is -2.00. The number of fused-ring (bicyclic) bond motifs is 1. The van der Waals surface area contributed by atoms with Crippen molar-refractivity contribution in [2.45, 2.75) is 47.5 Å². The highest BCUT2D eigenvalue weighted by Crippen LogP contribution is 2.14. The average molecular weight is 326 g/mol. The summed E-state index contributed by atoms with van der Waals surface area (Å²) in [6, 6.07) is 11.6. The predicted molar refractivity (Wildman–Crippen MR) is 104 cm³/mol. The molecule has 0 amide bonds. The number of hydrogen-bond donors (Lipinski definition) is 2. The van der Waals surface area contributed by atoms with Crippen molar-refractivity contribution in [1.82, 2.24) is 15.0 Å². The van der Waals surface area contributed by atoms with Gasteiger partial charge < -0.3 is 10.7 Å². The minimum Gasteiger partial charge on any atom is -0.399 e. The van der Waals surface area contributed by atoms with E-state index >= 15 is 0 Å². The Hall–Kier alpha value is -2.36. The minimum atomic E-state index is 0.547. The second-order valence-electron chi connectivity index (χ2n) is 6.74. The molecule has 0 unspecified atom stereocenters. The Morgan fingerprint density at radius 1 is 1.00 bits per heavy atom. The van der Waals surface area contributed by atoms with Gasteiger partial charge in [-0.05, 0) is 49.1 Å². The van der Waals surface area contributed by atoms with Gasteiger partial charge in [-0.25, -0.2) is 4.98 Å². The highest BCUT2D eigenvalue weighted by atomic mass is 14.9. The van der Waals surface area contributed by atoms with Crippen molar-refractivity contribution >= 4 is 16.7 Å². The summed E-state index contributed by atoms with van der Waals surface area (Å²) in [6.07, 6.45) is 1.83. The molecule has 130 valence electrons. The van der Waals surface area contributed by atoms with Crippen molar-refractivity contribution in [2.75, 3.05) is 5.73 Å². The Morgan fingerprint density at radius 2 is 1.67 bits per heavy atom. The summed E-state index contributed by atoms with van der Waals surface area (Å²) in [5.41, 5.74) is 9.49. The predicted octanol–water partition coefficient (Wildman–Crippen LogP) is 5.32. The number of nitrogens with two attached hydrogens (primary N) is 1. The molecule has 0 saturated heterocycles. The maximum Gasteiger partial charge on any atom is 0.104 e. The van der Waals surface area contributed by atoms with Crippen molar-refractivity contribution in [2.24, 2.45) is 5.92 Å². The first-order valence-electron chi connectivity index (χ1n) is 8.42. The first kappa shape index (κ1) is 19.7. The number of hydrogen-bond acceptors (Lipinski definition) is 3. The second-order valence-corrected chi connectivity index (χ2v) is 6.74. The zero-order valence-electron chi connectivity index (χ0n) is 15.7. The lowest BCUT2D eigenvalue weighted by atomic mass is 10.1. The Labute approximate surface area is 145 Å². The fourth-order valence-electron chi connectivity index (χ4n) is 1.87. The normalized spacial score (nSPS) is 10.2. The molecule has 1 aromatic carbocycles. The number of pyridine rings is 1. The fraction of sp³-hybridized carbons (Fsp3) is 0.400. The number of rotatable bonds is 1. The summed E-state index contributed by atoms with van der Waals surface area (Å²) in [7, 11) is 0. The van der Waals surface area contributed by atoms with Gasteiger partial charge in [-0.2, -0.15) is 0 Å². The number of aromatic amines is 1. The summed E-state index contributed by atoms with van der Waals surface area (Å²) >= 11 is 0. The largest absolute Gasteiger partial charge is 0.399 e. The highest BCUT2D eigenvalue weighted by Gasteiger charge is 1.97. The Morgan fingerprint density at radius 3 is 2.17 bits per heavy atom. The molecule has 0 fully saturated rings. The maximum atomic E-state index is 5.59. The monoisotopic (exact) mass is 326 g/mol. The van der Waals surface area contributed by atoms with Gasteiger partial charge in [0.25, 0.3) is 0 Å². The van der Waals surface area contributed by atoms with Gasteiger partial charge in [0.2, 0.25) is 0 Å². The molecule has 24 heavy (non-hydrogen) atoms. The van der Waals surface area contributed by atoms with Crippen LogP contribution in [0.2, 0.25) is 0 Å². The van der Waals surface area contributed by atoms with Crippen molar-refractivity contribution in [3.63, 3.8) is 0 Å². The van der Waals surface area contributed by atoms with E-state index in [0.29, 0.717) is 5.92 Å². The molecule has 0 atom stereocenters.